The van der Waals surface area contributed by atoms with Crippen LogP contribution in [0.25, 0.3) is 0 Å². The molecule has 1 amide bonds. The Balaban J connectivity index is 1.82. The molecule has 0 aromatic heterocycles. The van der Waals surface area contributed by atoms with E-state index in [0.717, 1.165) is 36.4 Å². The third kappa shape index (κ3) is 3.28. The molecule has 0 radical (unpaired) electrons. The lowest BCUT2D eigenvalue weighted by atomic mass is 10.1. The Hall–Kier alpha value is -1.39. The largest absolute Gasteiger partial charge is 0.377 e. The molecular formula is C13H18N2O2. The number of anilines is 1. The van der Waals surface area contributed by atoms with Gasteiger partial charge in [0.25, 0.3) is 0 Å². The standard InChI is InChI=1S/C13H18N2O2/c1-14-5-2-6-17-9-10-3-4-12-11(7-10)8-13(16)15-12/h3-4,7,14H,2,5-6,8-9H2,1H3,(H,15,16). The maximum Gasteiger partial charge on any atom is 0.228 e. The first-order valence-electron chi connectivity index (χ1n) is 5.93. The third-order valence-electron chi connectivity index (χ3n) is 2.78. The highest BCUT2D eigenvalue weighted by Gasteiger charge is 2.17. The lowest BCUT2D eigenvalue weighted by molar-refractivity contribution is -0.115. The average Bonchev–Trinajstić information content (AvgIpc) is 2.68. The van der Waals surface area contributed by atoms with Crippen molar-refractivity contribution >= 4 is 11.6 Å². The lowest BCUT2D eigenvalue weighted by Gasteiger charge is -2.06. The summed E-state index contributed by atoms with van der Waals surface area (Å²) in [6.45, 7) is 2.35. The van der Waals surface area contributed by atoms with Crippen LogP contribution in [-0.4, -0.2) is 26.1 Å². The number of benzene rings is 1. The Labute approximate surface area is 101 Å². The summed E-state index contributed by atoms with van der Waals surface area (Å²) in [6, 6.07) is 6.00. The van der Waals surface area contributed by atoms with Gasteiger partial charge in [0.2, 0.25) is 5.91 Å². The van der Waals surface area contributed by atoms with E-state index in [1.54, 1.807) is 0 Å². The van der Waals surface area contributed by atoms with Gasteiger partial charge in [-0.25, -0.2) is 0 Å². The number of nitrogens with one attached hydrogen (secondary N) is 2. The molecule has 0 spiro atoms. The van der Waals surface area contributed by atoms with Crippen molar-refractivity contribution in [2.24, 2.45) is 0 Å². The SMILES string of the molecule is CNCCCOCc1ccc2c(c1)CC(=O)N2. The summed E-state index contributed by atoms with van der Waals surface area (Å²) in [5.41, 5.74) is 3.14. The van der Waals surface area contributed by atoms with E-state index in [0.29, 0.717) is 13.0 Å². The molecule has 1 heterocycles. The number of hydrogen-bond acceptors (Lipinski definition) is 3. The number of carbonyl (C=O) groups is 1. The van der Waals surface area contributed by atoms with Gasteiger partial charge in [0, 0.05) is 12.3 Å². The van der Waals surface area contributed by atoms with Crippen molar-refractivity contribution in [2.45, 2.75) is 19.4 Å². The van der Waals surface area contributed by atoms with Gasteiger partial charge in [-0.2, -0.15) is 0 Å². The van der Waals surface area contributed by atoms with Crippen molar-refractivity contribution < 1.29 is 9.53 Å². The predicted molar refractivity (Wildman–Crippen MR) is 67.0 cm³/mol. The van der Waals surface area contributed by atoms with E-state index in [-0.39, 0.29) is 5.91 Å². The molecule has 92 valence electrons. The van der Waals surface area contributed by atoms with Crippen LogP contribution in [0, 0.1) is 0 Å². The summed E-state index contributed by atoms with van der Waals surface area (Å²) in [5, 5.41) is 5.90. The fourth-order valence-electron chi connectivity index (χ4n) is 1.91. The monoisotopic (exact) mass is 234 g/mol. The summed E-state index contributed by atoms with van der Waals surface area (Å²) in [5.74, 6) is 0.0760. The molecule has 1 aliphatic heterocycles. The van der Waals surface area contributed by atoms with Gasteiger partial charge >= 0.3 is 0 Å². The zero-order valence-corrected chi connectivity index (χ0v) is 10.1. The van der Waals surface area contributed by atoms with Crippen molar-refractivity contribution in [3.05, 3.63) is 29.3 Å². The van der Waals surface area contributed by atoms with Crippen LogP contribution in [0.1, 0.15) is 17.5 Å². The molecule has 0 unspecified atom stereocenters. The number of fused-ring (bicyclic) bond motifs is 1. The summed E-state index contributed by atoms with van der Waals surface area (Å²) < 4.78 is 5.56. The summed E-state index contributed by atoms with van der Waals surface area (Å²) >= 11 is 0. The molecule has 17 heavy (non-hydrogen) atoms. The Kier molecular flexibility index (Phi) is 4.12. The van der Waals surface area contributed by atoms with Gasteiger partial charge in [-0.3, -0.25) is 4.79 Å². The van der Waals surface area contributed by atoms with E-state index in [1.165, 1.54) is 0 Å². The molecule has 0 atom stereocenters. The van der Waals surface area contributed by atoms with E-state index < -0.39 is 0 Å². The van der Waals surface area contributed by atoms with Crippen LogP contribution >= 0.6 is 0 Å². The Morgan fingerprint density at radius 1 is 1.47 bits per heavy atom. The summed E-state index contributed by atoms with van der Waals surface area (Å²) in [4.78, 5) is 11.2. The molecule has 2 rings (SSSR count). The molecule has 1 aromatic carbocycles. The Morgan fingerprint density at radius 2 is 2.35 bits per heavy atom. The van der Waals surface area contributed by atoms with Crippen LogP contribution in [0.4, 0.5) is 5.69 Å². The Morgan fingerprint density at radius 3 is 3.18 bits per heavy atom. The molecule has 1 aromatic rings. The first kappa shape index (κ1) is 12.1. The van der Waals surface area contributed by atoms with Crippen LogP contribution < -0.4 is 10.6 Å². The van der Waals surface area contributed by atoms with Gasteiger partial charge in [0.1, 0.15) is 0 Å². The van der Waals surface area contributed by atoms with Crippen LogP contribution in [0.3, 0.4) is 0 Å². The first-order chi connectivity index (χ1) is 8.29. The molecule has 0 fully saturated rings. The second-order valence-corrected chi connectivity index (χ2v) is 4.23. The first-order valence-corrected chi connectivity index (χ1v) is 5.93. The minimum Gasteiger partial charge on any atom is -0.377 e. The fourth-order valence-corrected chi connectivity index (χ4v) is 1.91. The molecule has 0 aliphatic carbocycles. The van der Waals surface area contributed by atoms with E-state index in [4.69, 9.17) is 4.74 Å². The topological polar surface area (TPSA) is 50.4 Å². The van der Waals surface area contributed by atoms with Crippen LogP contribution in [0.5, 0.6) is 0 Å². The zero-order chi connectivity index (χ0) is 12.1. The molecular weight excluding hydrogens is 216 g/mol. The zero-order valence-electron chi connectivity index (χ0n) is 10.1. The van der Waals surface area contributed by atoms with Gasteiger partial charge < -0.3 is 15.4 Å². The van der Waals surface area contributed by atoms with Gasteiger partial charge in [0.05, 0.1) is 13.0 Å². The quantitative estimate of drug-likeness (QED) is 0.730. The van der Waals surface area contributed by atoms with Crippen molar-refractivity contribution in [2.75, 3.05) is 25.5 Å². The van der Waals surface area contributed by atoms with Gasteiger partial charge in [-0.1, -0.05) is 12.1 Å². The van der Waals surface area contributed by atoms with Crippen LogP contribution in [-0.2, 0) is 22.6 Å². The van der Waals surface area contributed by atoms with E-state index in [2.05, 4.69) is 10.6 Å². The van der Waals surface area contributed by atoms with Gasteiger partial charge in [0.15, 0.2) is 0 Å². The maximum absolute atomic E-state index is 11.2. The minimum atomic E-state index is 0.0760. The van der Waals surface area contributed by atoms with E-state index >= 15 is 0 Å². The minimum absolute atomic E-state index is 0.0760. The highest BCUT2D eigenvalue weighted by Crippen LogP contribution is 2.23. The smallest absolute Gasteiger partial charge is 0.228 e. The summed E-state index contributed by atoms with van der Waals surface area (Å²) in [6.07, 6.45) is 1.50. The van der Waals surface area contributed by atoms with Crippen LogP contribution in [0.2, 0.25) is 0 Å². The maximum atomic E-state index is 11.2. The van der Waals surface area contributed by atoms with Crippen molar-refractivity contribution in [3.63, 3.8) is 0 Å². The highest BCUT2D eigenvalue weighted by molar-refractivity contribution is 5.99. The molecule has 0 saturated carbocycles. The van der Waals surface area contributed by atoms with Crippen molar-refractivity contribution in [1.82, 2.24) is 5.32 Å². The number of amides is 1. The van der Waals surface area contributed by atoms with E-state index in [9.17, 15) is 4.79 Å². The predicted octanol–water partition coefficient (Wildman–Crippen LogP) is 1.31. The van der Waals surface area contributed by atoms with E-state index in [1.807, 2.05) is 25.2 Å². The second kappa shape index (κ2) is 5.80. The second-order valence-electron chi connectivity index (χ2n) is 4.23. The normalized spacial score (nSPS) is 13.6. The number of hydrogen-bond donors (Lipinski definition) is 2. The molecule has 0 bridgehead atoms. The number of carbonyl (C=O) groups excluding carboxylic acids is 1. The molecule has 4 heteroatoms. The molecule has 1 aliphatic rings. The van der Waals surface area contributed by atoms with Gasteiger partial charge in [-0.05, 0) is 37.2 Å². The fraction of sp³-hybridized carbons (Fsp3) is 0.462. The van der Waals surface area contributed by atoms with Crippen LogP contribution in [0.15, 0.2) is 18.2 Å². The van der Waals surface area contributed by atoms with Gasteiger partial charge in [-0.15, -0.1) is 0 Å². The van der Waals surface area contributed by atoms with Crippen molar-refractivity contribution in [1.29, 1.82) is 0 Å². The Bertz CT molecular complexity index is 404. The number of rotatable bonds is 6. The number of ether oxygens (including phenoxy) is 1. The van der Waals surface area contributed by atoms with Crippen molar-refractivity contribution in [3.8, 4) is 0 Å². The molecule has 2 N–H and O–H groups in total. The average molecular weight is 234 g/mol. The molecule has 0 saturated heterocycles. The summed E-state index contributed by atoms with van der Waals surface area (Å²) in [7, 11) is 1.94. The lowest BCUT2D eigenvalue weighted by Crippen LogP contribution is -2.10. The third-order valence-corrected chi connectivity index (χ3v) is 2.78. The molecule has 4 nitrogen and oxygen atoms in total. The highest BCUT2D eigenvalue weighted by atomic mass is 16.5.